The number of furan rings is 1. The molecule has 0 N–H and O–H groups in total. The number of halogens is 1. The van der Waals surface area contributed by atoms with Gasteiger partial charge in [-0.15, -0.1) is 11.3 Å². The Kier molecular flexibility index (Phi) is 4.78. The second kappa shape index (κ2) is 6.97. The highest BCUT2D eigenvalue weighted by Gasteiger charge is 2.12. The van der Waals surface area contributed by atoms with E-state index in [-0.39, 0.29) is 11.6 Å². The Hall–Kier alpha value is -2.12. The molecule has 23 heavy (non-hydrogen) atoms. The molecule has 0 unspecified atom stereocenters. The maximum absolute atomic E-state index is 12.9. The molecule has 0 saturated heterocycles. The first-order valence-electron chi connectivity index (χ1n) is 6.67. The van der Waals surface area contributed by atoms with E-state index in [1.165, 1.54) is 42.3 Å². The van der Waals surface area contributed by atoms with Crippen LogP contribution in [0.4, 0.5) is 4.39 Å². The monoisotopic (exact) mass is 349 g/mol. The molecular weight excluding hydrogens is 337 g/mol. The molecule has 2 aromatic heterocycles. The fourth-order valence-corrected chi connectivity index (χ4v) is 3.60. The molecule has 0 aliphatic heterocycles. The SMILES string of the molecule is COC(=O)c1ccc(CSc2nc(-c3ccc(F)cc3)cs2)o1. The van der Waals surface area contributed by atoms with Crippen LogP contribution >= 0.6 is 23.1 Å². The molecule has 4 nitrogen and oxygen atoms in total. The van der Waals surface area contributed by atoms with Gasteiger partial charge in [-0.2, -0.15) is 0 Å². The van der Waals surface area contributed by atoms with Crippen molar-refractivity contribution in [3.8, 4) is 11.3 Å². The highest BCUT2D eigenvalue weighted by Crippen LogP contribution is 2.30. The fourth-order valence-electron chi connectivity index (χ4n) is 1.88. The summed E-state index contributed by atoms with van der Waals surface area (Å²) in [6, 6.07) is 9.57. The number of methoxy groups -OCH3 is 1. The second-order valence-electron chi connectivity index (χ2n) is 4.55. The van der Waals surface area contributed by atoms with Crippen molar-refractivity contribution in [2.45, 2.75) is 10.1 Å². The molecule has 118 valence electrons. The third kappa shape index (κ3) is 3.80. The van der Waals surface area contributed by atoms with Crippen LogP contribution in [0, 0.1) is 5.82 Å². The van der Waals surface area contributed by atoms with Gasteiger partial charge in [0.1, 0.15) is 11.6 Å². The van der Waals surface area contributed by atoms with Crippen LogP contribution in [-0.2, 0) is 10.5 Å². The normalized spacial score (nSPS) is 10.7. The van der Waals surface area contributed by atoms with Crippen molar-refractivity contribution in [2.24, 2.45) is 0 Å². The molecule has 0 saturated carbocycles. The lowest BCUT2D eigenvalue weighted by Crippen LogP contribution is -1.98. The standard InChI is InChI=1S/C16H12FNO3S2/c1-20-15(19)14-7-6-12(21-14)8-22-16-18-13(9-23-16)10-2-4-11(17)5-3-10/h2-7,9H,8H2,1H3. The van der Waals surface area contributed by atoms with Crippen LogP contribution in [0.15, 0.2) is 50.5 Å². The summed E-state index contributed by atoms with van der Waals surface area (Å²) in [5.41, 5.74) is 1.69. The lowest BCUT2D eigenvalue weighted by Gasteiger charge is -1.96. The summed E-state index contributed by atoms with van der Waals surface area (Å²) in [4.78, 5) is 15.8. The molecule has 3 rings (SSSR count). The summed E-state index contributed by atoms with van der Waals surface area (Å²) in [5, 5.41) is 1.93. The van der Waals surface area contributed by atoms with Gasteiger partial charge in [0.05, 0.1) is 18.6 Å². The van der Waals surface area contributed by atoms with Gasteiger partial charge in [0, 0.05) is 10.9 Å². The van der Waals surface area contributed by atoms with Crippen molar-refractivity contribution < 1.29 is 18.3 Å². The Balaban J connectivity index is 1.64. The van der Waals surface area contributed by atoms with Crippen LogP contribution in [-0.4, -0.2) is 18.1 Å². The minimum Gasteiger partial charge on any atom is -0.463 e. The number of nitrogens with zero attached hydrogens (tertiary/aromatic N) is 1. The smallest absolute Gasteiger partial charge is 0.373 e. The van der Waals surface area contributed by atoms with E-state index >= 15 is 0 Å². The molecule has 0 amide bonds. The Morgan fingerprint density at radius 2 is 2.09 bits per heavy atom. The molecule has 0 radical (unpaired) electrons. The predicted octanol–water partition coefficient (Wildman–Crippen LogP) is 4.62. The summed E-state index contributed by atoms with van der Waals surface area (Å²) >= 11 is 3.02. The van der Waals surface area contributed by atoms with Gasteiger partial charge in [-0.25, -0.2) is 14.2 Å². The maximum atomic E-state index is 12.9. The van der Waals surface area contributed by atoms with Crippen molar-refractivity contribution in [1.29, 1.82) is 0 Å². The number of thiazole rings is 1. The number of benzene rings is 1. The zero-order valence-corrected chi connectivity index (χ0v) is 13.7. The fraction of sp³-hybridized carbons (Fsp3) is 0.125. The number of aromatic nitrogens is 1. The number of hydrogen-bond acceptors (Lipinski definition) is 6. The second-order valence-corrected chi connectivity index (χ2v) is 6.63. The van der Waals surface area contributed by atoms with E-state index in [1.807, 2.05) is 5.38 Å². The first kappa shape index (κ1) is 15.8. The number of hydrogen-bond donors (Lipinski definition) is 0. The molecule has 0 spiro atoms. The van der Waals surface area contributed by atoms with E-state index < -0.39 is 5.97 Å². The average Bonchev–Trinajstić information content (AvgIpc) is 3.22. The number of ether oxygens (including phenoxy) is 1. The Morgan fingerprint density at radius 3 is 2.83 bits per heavy atom. The molecule has 0 atom stereocenters. The van der Waals surface area contributed by atoms with E-state index in [0.717, 1.165) is 15.6 Å². The lowest BCUT2D eigenvalue weighted by atomic mass is 10.2. The zero-order chi connectivity index (χ0) is 16.2. The van der Waals surface area contributed by atoms with E-state index in [0.29, 0.717) is 11.5 Å². The Bertz CT molecular complexity index is 811. The van der Waals surface area contributed by atoms with Gasteiger partial charge in [-0.1, -0.05) is 11.8 Å². The molecule has 0 aliphatic carbocycles. The van der Waals surface area contributed by atoms with E-state index in [1.54, 1.807) is 24.3 Å². The Labute approximate surface area is 140 Å². The summed E-state index contributed by atoms with van der Waals surface area (Å²) in [7, 11) is 1.31. The Morgan fingerprint density at radius 1 is 1.30 bits per heavy atom. The third-order valence-electron chi connectivity index (χ3n) is 3.01. The van der Waals surface area contributed by atoms with E-state index in [4.69, 9.17) is 4.42 Å². The van der Waals surface area contributed by atoms with Crippen LogP contribution in [0.25, 0.3) is 11.3 Å². The summed E-state index contributed by atoms with van der Waals surface area (Å²) in [6.07, 6.45) is 0. The first-order valence-corrected chi connectivity index (χ1v) is 8.53. The van der Waals surface area contributed by atoms with Crippen molar-refractivity contribution in [2.75, 3.05) is 7.11 Å². The molecule has 7 heteroatoms. The highest BCUT2D eigenvalue weighted by atomic mass is 32.2. The molecule has 2 heterocycles. The van der Waals surface area contributed by atoms with Crippen molar-refractivity contribution in [1.82, 2.24) is 4.98 Å². The summed E-state index contributed by atoms with van der Waals surface area (Å²) in [5.74, 6) is 0.669. The number of carbonyl (C=O) groups excluding carboxylic acids is 1. The van der Waals surface area contributed by atoms with E-state index in [9.17, 15) is 9.18 Å². The molecule has 1 aromatic carbocycles. The van der Waals surface area contributed by atoms with Crippen LogP contribution in [0.5, 0.6) is 0 Å². The van der Waals surface area contributed by atoms with Crippen molar-refractivity contribution in [3.63, 3.8) is 0 Å². The van der Waals surface area contributed by atoms with Gasteiger partial charge in [-0.3, -0.25) is 0 Å². The first-order chi connectivity index (χ1) is 11.2. The van der Waals surface area contributed by atoms with Crippen molar-refractivity contribution >= 4 is 29.1 Å². The molecule has 0 aliphatic rings. The zero-order valence-electron chi connectivity index (χ0n) is 12.1. The topological polar surface area (TPSA) is 52.3 Å². The number of thioether (sulfide) groups is 1. The lowest BCUT2D eigenvalue weighted by molar-refractivity contribution is 0.0563. The van der Waals surface area contributed by atoms with Crippen LogP contribution < -0.4 is 0 Å². The largest absolute Gasteiger partial charge is 0.463 e. The molecule has 0 fully saturated rings. The minimum absolute atomic E-state index is 0.189. The summed E-state index contributed by atoms with van der Waals surface area (Å²) < 4.78 is 23.8. The van der Waals surface area contributed by atoms with Gasteiger partial charge >= 0.3 is 5.97 Å². The van der Waals surface area contributed by atoms with Gasteiger partial charge in [0.15, 0.2) is 4.34 Å². The number of rotatable bonds is 5. The van der Waals surface area contributed by atoms with Gasteiger partial charge < -0.3 is 9.15 Å². The minimum atomic E-state index is -0.492. The highest BCUT2D eigenvalue weighted by molar-refractivity contribution is 8.00. The molecule has 3 aromatic rings. The van der Waals surface area contributed by atoms with E-state index in [2.05, 4.69) is 9.72 Å². The van der Waals surface area contributed by atoms with Crippen LogP contribution in [0.1, 0.15) is 16.3 Å². The third-order valence-corrected chi connectivity index (χ3v) is 5.05. The number of carbonyl (C=O) groups is 1. The number of esters is 1. The van der Waals surface area contributed by atoms with Crippen LogP contribution in [0.3, 0.4) is 0 Å². The predicted molar refractivity (Wildman–Crippen MR) is 87.1 cm³/mol. The van der Waals surface area contributed by atoms with Gasteiger partial charge in [0.2, 0.25) is 5.76 Å². The van der Waals surface area contributed by atoms with Gasteiger partial charge in [-0.05, 0) is 36.4 Å². The maximum Gasteiger partial charge on any atom is 0.373 e. The molecule has 0 bridgehead atoms. The van der Waals surface area contributed by atoms with Crippen LogP contribution in [0.2, 0.25) is 0 Å². The van der Waals surface area contributed by atoms with Crippen molar-refractivity contribution in [3.05, 3.63) is 59.1 Å². The summed E-state index contributed by atoms with van der Waals surface area (Å²) in [6.45, 7) is 0. The average molecular weight is 349 g/mol. The molecular formula is C16H12FNO3S2. The van der Waals surface area contributed by atoms with Gasteiger partial charge in [0.25, 0.3) is 0 Å². The quantitative estimate of drug-likeness (QED) is 0.497.